The van der Waals surface area contributed by atoms with Crippen molar-refractivity contribution in [2.75, 3.05) is 13.2 Å². The number of aromatic carboxylic acids is 1. The van der Waals surface area contributed by atoms with Gasteiger partial charge in [-0.3, -0.25) is 0 Å². The Hall–Kier alpha value is -2.63. The molecule has 1 aromatic carbocycles. The maximum Gasteiger partial charge on any atom is 0.338 e. The summed E-state index contributed by atoms with van der Waals surface area (Å²) in [6.45, 7) is 4.77. The molecule has 1 aromatic rings. The highest BCUT2D eigenvalue weighted by Crippen LogP contribution is 2.06. The van der Waals surface area contributed by atoms with E-state index in [0.29, 0.717) is 0 Å². The number of esters is 2. The number of carbonyl (C=O) groups excluding carboxylic acids is 2. The van der Waals surface area contributed by atoms with Gasteiger partial charge in [-0.15, -0.1) is 0 Å². The molecule has 0 radical (unpaired) electrons. The van der Waals surface area contributed by atoms with Crippen LogP contribution in [0.5, 0.6) is 0 Å². The van der Waals surface area contributed by atoms with Crippen LogP contribution in [-0.2, 0) is 14.3 Å². The molecule has 0 unspecified atom stereocenters. The molecule has 0 heterocycles. The number of carboxylic acid groups (broad SMARTS) is 1. The standard InChI is InChI=1S/C14H14O6/c1-9(2)13(17)19-7-8-20-14(18)11-5-3-10(4-6-11)12(15)16/h3-6H,1,7-8H2,2H3,(H,15,16). The minimum Gasteiger partial charge on any atom is -0.478 e. The Kier molecular flexibility index (Phi) is 5.46. The molecule has 106 valence electrons. The van der Waals surface area contributed by atoms with Crippen molar-refractivity contribution in [3.63, 3.8) is 0 Å². The number of carbonyl (C=O) groups is 3. The summed E-state index contributed by atoms with van der Waals surface area (Å²) in [7, 11) is 0. The topological polar surface area (TPSA) is 89.9 Å². The average Bonchev–Trinajstić information content (AvgIpc) is 2.43. The molecule has 0 bridgehead atoms. The minimum atomic E-state index is -1.07. The van der Waals surface area contributed by atoms with Crippen molar-refractivity contribution in [1.29, 1.82) is 0 Å². The van der Waals surface area contributed by atoms with Crippen LogP contribution in [0.15, 0.2) is 36.4 Å². The maximum absolute atomic E-state index is 11.6. The van der Waals surface area contributed by atoms with Crippen molar-refractivity contribution in [3.8, 4) is 0 Å². The van der Waals surface area contributed by atoms with Gasteiger partial charge in [0.05, 0.1) is 11.1 Å². The molecule has 0 saturated heterocycles. The molecule has 0 fully saturated rings. The van der Waals surface area contributed by atoms with Crippen LogP contribution >= 0.6 is 0 Å². The largest absolute Gasteiger partial charge is 0.478 e. The van der Waals surface area contributed by atoms with Gasteiger partial charge in [-0.05, 0) is 31.2 Å². The molecular formula is C14H14O6. The Bertz CT molecular complexity index is 529. The molecule has 0 aliphatic carbocycles. The summed E-state index contributed by atoms with van der Waals surface area (Å²) >= 11 is 0. The van der Waals surface area contributed by atoms with Crippen molar-refractivity contribution in [1.82, 2.24) is 0 Å². The van der Waals surface area contributed by atoms with Gasteiger partial charge in [0.2, 0.25) is 0 Å². The Balaban J connectivity index is 2.41. The van der Waals surface area contributed by atoms with E-state index in [2.05, 4.69) is 6.58 Å². The molecule has 0 aliphatic rings. The second kappa shape index (κ2) is 7.08. The predicted octanol–water partition coefficient (Wildman–Crippen LogP) is 1.66. The fourth-order valence-corrected chi connectivity index (χ4v) is 1.22. The lowest BCUT2D eigenvalue weighted by molar-refractivity contribution is -0.140. The van der Waals surface area contributed by atoms with E-state index >= 15 is 0 Å². The Morgan fingerprint density at radius 3 is 2.05 bits per heavy atom. The lowest BCUT2D eigenvalue weighted by Gasteiger charge is -2.06. The van der Waals surface area contributed by atoms with Crippen LogP contribution in [-0.4, -0.2) is 36.2 Å². The van der Waals surface area contributed by atoms with Gasteiger partial charge in [-0.25, -0.2) is 14.4 Å². The molecule has 0 amide bonds. The van der Waals surface area contributed by atoms with Crippen molar-refractivity contribution in [3.05, 3.63) is 47.5 Å². The van der Waals surface area contributed by atoms with E-state index in [0.717, 1.165) is 0 Å². The van der Waals surface area contributed by atoms with Crippen LogP contribution in [0.1, 0.15) is 27.6 Å². The molecule has 6 nitrogen and oxygen atoms in total. The zero-order chi connectivity index (χ0) is 15.1. The summed E-state index contributed by atoms with van der Waals surface area (Å²) in [5.74, 6) is -2.24. The van der Waals surface area contributed by atoms with Gasteiger partial charge in [0.25, 0.3) is 0 Å². The van der Waals surface area contributed by atoms with Crippen LogP contribution in [0.4, 0.5) is 0 Å². The van der Waals surface area contributed by atoms with Crippen molar-refractivity contribution in [2.45, 2.75) is 6.92 Å². The molecule has 0 aromatic heterocycles. The second-order valence-electron chi connectivity index (χ2n) is 3.93. The van der Waals surface area contributed by atoms with Gasteiger partial charge in [0.15, 0.2) is 0 Å². The highest BCUT2D eigenvalue weighted by molar-refractivity contribution is 5.92. The Morgan fingerprint density at radius 1 is 1.05 bits per heavy atom. The summed E-state index contributed by atoms with van der Waals surface area (Å²) in [6, 6.07) is 5.32. The van der Waals surface area contributed by atoms with Gasteiger partial charge in [0.1, 0.15) is 13.2 Å². The molecular weight excluding hydrogens is 264 g/mol. The number of ether oxygens (including phenoxy) is 2. The Labute approximate surface area is 115 Å². The lowest BCUT2D eigenvalue weighted by Crippen LogP contribution is -2.14. The van der Waals surface area contributed by atoms with E-state index in [9.17, 15) is 14.4 Å². The fourth-order valence-electron chi connectivity index (χ4n) is 1.22. The van der Waals surface area contributed by atoms with Crippen LogP contribution in [0.3, 0.4) is 0 Å². The monoisotopic (exact) mass is 278 g/mol. The van der Waals surface area contributed by atoms with Gasteiger partial charge in [-0.2, -0.15) is 0 Å². The van der Waals surface area contributed by atoms with Crippen LogP contribution < -0.4 is 0 Å². The number of benzene rings is 1. The third-order valence-electron chi connectivity index (χ3n) is 2.27. The number of hydrogen-bond acceptors (Lipinski definition) is 5. The molecule has 0 atom stereocenters. The molecule has 0 spiro atoms. The Morgan fingerprint density at radius 2 is 1.55 bits per heavy atom. The van der Waals surface area contributed by atoms with E-state index in [-0.39, 0.29) is 29.9 Å². The quantitative estimate of drug-likeness (QED) is 0.483. The van der Waals surface area contributed by atoms with Crippen molar-refractivity contribution < 1.29 is 29.0 Å². The molecule has 0 saturated carbocycles. The maximum atomic E-state index is 11.6. The fraction of sp³-hybridized carbons (Fsp3) is 0.214. The van der Waals surface area contributed by atoms with E-state index in [1.165, 1.54) is 31.2 Å². The van der Waals surface area contributed by atoms with Crippen molar-refractivity contribution >= 4 is 17.9 Å². The predicted molar refractivity (Wildman–Crippen MR) is 69.5 cm³/mol. The lowest BCUT2D eigenvalue weighted by atomic mass is 10.1. The number of hydrogen-bond donors (Lipinski definition) is 1. The average molecular weight is 278 g/mol. The first-order valence-electron chi connectivity index (χ1n) is 5.75. The van der Waals surface area contributed by atoms with E-state index < -0.39 is 17.9 Å². The van der Waals surface area contributed by atoms with Gasteiger partial charge in [-0.1, -0.05) is 6.58 Å². The van der Waals surface area contributed by atoms with E-state index in [1.54, 1.807) is 0 Å². The molecule has 0 aliphatic heterocycles. The first kappa shape index (κ1) is 15.4. The first-order valence-corrected chi connectivity index (χ1v) is 5.75. The van der Waals surface area contributed by atoms with Crippen LogP contribution in [0.2, 0.25) is 0 Å². The minimum absolute atomic E-state index is 0.0648. The SMILES string of the molecule is C=C(C)C(=O)OCCOC(=O)c1ccc(C(=O)O)cc1. The van der Waals surface area contributed by atoms with E-state index in [1.807, 2.05) is 0 Å². The van der Waals surface area contributed by atoms with Crippen molar-refractivity contribution in [2.24, 2.45) is 0 Å². The van der Waals surface area contributed by atoms with Crippen LogP contribution in [0, 0.1) is 0 Å². The first-order chi connectivity index (χ1) is 9.41. The molecule has 1 N–H and O–H groups in total. The summed E-state index contributed by atoms with van der Waals surface area (Å²) in [4.78, 5) is 33.3. The summed E-state index contributed by atoms with van der Waals surface area (Å²) in [5, 5.41) is 8.71. The van der Waals surface area contributed by atoms with E-state index in [4.69, 9.17) is 14.6 Å². The normalized spacial score (nSPS) is 9.65. The zero-order valence-corrected chi connectivity index (χ0v) is 10.9. The highest BCUT2D eigenvalue weighted by Gasteiger charge is 2.09. The molecule has 20 heavy (non-hydrogen) atoms. The molecule has 6 heteroatoms. The zero-order valence-electron chi connectivity index (χ0n) is 10.9. The third-order valence-corrected chi connectivity index (χ3v) is 2.27. The molecule has 1 rings (SSSR count). The van der Waals surface area contributed by atoms with Gasteiger partial charge < -0.3 is 14.6 Å². The smallest absolute Gasteiger partial charge is 0.338 e. The summed E-state index contributed by atoms with van der Waals surface area (Å²) in [5.41, 5.74) is 0.568. The highest BCUT2D eigenvalue weighted by atomic mass is 16.6. The van der Waals surface area contributed by atoms with Gasteiger partial charge in [0, 0.05) is 5.57 Å². The summed E-state index contributed by atoms with van der Waals surface area (Å²) < 4.78 is 9.61. The third kappa shape index (κ3) is 4.56. The number of rotatable bonds is 6. The second-order valence-corrected chi connectivity index (χ2v) is 3.93. The van der Waals surface area contributed by atoms with Crippen LogP contribution in [0.25, 0.3) is 0 Å². The number of carboxylic acids is 1. The van der Waals surface area contributed by atoms with Gasteiger partial charge >= 0.3 is 17.9 Å². The summed E-state index contributed by atoms with van der Waals surface area (Å²) in [6.07, 6.45) is 0.